The first-order valence-corrected chi connectivity index (χ1v) is 11.4. The molecule has 148 valence electrons. The molecule has 0 unspecified atom stereocenters. The molecule has 0 fully saturated rings. The fourth-order valence-electron chi connectivity index (χ4n) is 3.44. The lowest BCUT2D eigenvalue weighted by Gasteiger charge is -2.04. The van der Waals surface area contributed by atoms with Crippen molar-refractivity contribution >= 4 is 67.3 Å². The minimum atomic E-state index is -0.445. The van der Waals surface area contributed by atoms with Gasteiger partial charge in [-0.1, -0.05) is 42.5 Å². The highest BCUT2D eigenvalue weighted by Gasteiger charge is 2.15. The van der Waals surface area contributed by atoms with Crippen LogP contribution in [-0.2, 0) is 0 Å². The van der Waals surface area contributed by atoms with Crippen LogP contribution in [0, 0.1) is 14.9 Å². The Kier molecular flexibility index (Phi) is 5.14. The Hall–Kier alpha value is -3.28. The van der Waals surface area contributed by atoms with Crippen LogP contribution in [-0.4, -0.2) is 4.98 Å². The minimum Gasteiger partial charge on any atom is -0.422 e. The Labute approximate surface area is 195 Å². The molecule has 2 heterocycles. The van der Waals surface area contributed by atoms with E-state index in [2.05, 4.69) is 33.6 Å². The molecule has 0 spiro atoms. The Morgan fingerprint density at radius 2 is 1.87 bits per heavy atom. The summed E-state index contributed by atoms with van der Waals surface area (Å²) in [6.07, 6.45) is 1.80. The third-order valence-electron chi connectivity index (χ3n) is 4.95. The highest BCUT2D eigenvalue weighted by molar-refractivity contribution is 14.1. The van der Waals surface area contributed by atoms with Gasteiger partial charge in [0.2, 0.25) is 0 Å². The maximum absolute atomic E-state index is 12.7. The molecule has 0 amide bonds. The molecule has 0 bridgehead atoms. The fourth-order valence-corrected chi connectivity index (χ4v) is 4.58. The third-order valence-corrected chi connectivity index (χ3v) is 6.55. The van der Waals surface area contributed by atoms with Crippen LogP contribution in [0.3, 0.4) is 0 Å². The first kappa shape index (κ1) is 19.7. The van der Waals surface area contributed by atoms with Crippen LogP contribution in [0.15, 0.2) is 81.3 Å². The van der Waals surface area contributed by atoms with Gasteiger partial charge in [0.05, 0.1) is 16.8 Å². The zero-order chi connectivity index (χ0) is 21.4. The lowest BCUT2D eigenvalue weighted by atomic mass is 10.0. The first-order valence-electron chi connectivity index (χ1n) is 9.41. The average Bonchev–Trinajstić information content (AvgIpc) is 3.28. The quantitative estimate of drug-likeness (QED) is 0.112. The molecule has 6 heteroatoms. The van der Waals surface area contributed by atoms with Crippen molar-refractivity contribution in [2.75, 3.05) is 0 Å². The zero-order valence-electron chi connectivity index (χ0n) is 16.0. The summed E-state index contributed by atoms with van der Waals surface area (Å²) in [5.74, 6) is 0. The number of hydrogen-bond acceptors (Lipinski definition) is 5. The lowest BCUT2D eigenvalue weighted by Crippen LogP contribution is -2.03. The van der Waals surface area contributed by atoms with Crippen molar-refractivity contribution in [1.82, 2.24) is 4.98 Å². The van der Waals surface area contributed by atoms with Crippen LogP contribution in [0.5, 0.6) is 0 Å². The van der Waals surface area contributed by atoms with Gasteiger partial charge in [0.15, 0.2) is 0 Å². The lowest BCUT2D eigenvalue weighted by molar-refractivity contribution is 0.563. The number of allylic oxidation sites excluding steroid dienone is 1. The van der Waals surface area contributed by atoms with Crippen molar-refractivity contribution in [1.29, 1.82) is 5.26 Å². The smallest absolute Gasteiger partial charge is 0.345 e. The standard InChI is InChI=1S/C25H13IN2O2S/c26-18-8-5-15(6-9-18)11-17(13-27)24-28-22(14-31-24)21-12-20-19-4-2-1-3-16(19)7-10-23(20)30-25(21)29/h1-12,14H. The molecule has 0 atom stereocenters. The minimum absolute atomic E-state index is 0.387. The summed E-state index contributed by atoms with van der Waals surface area (Å²) in [4.78, 5) is 17.2. The molecule has 5 aromatic rings. The van der Waals surface area contributed by atoms with E-state index < -0.39 is 5.63 Å². The summed E-state index contributed by atoms with van der Waals surface area (Å²) in [6, 6.07) is 23.6. The molecule has 0 aliphatic carbocycles. The van der Waals surface area contributed by atoms with Crippen molar-refractivity contribution in [2.45, 2.75) is 0 Å². The maximum Gasteiger partial charge on any atom is 0.345 e. The third kappa shape index (κ3) is 3.78. The summed E-state index contributed by atoms with van der Waals surface area (Å²) in [6.45, 7) is 0. The van der Waals surface area contributed by atoms with E-state index in [0.29, 0.717) is 27.4 Å². The van der Waals surface area contributed by atoms with Gasteiger partial charge >= 0.3 is 5.63 Å². The first-order chi connectivity index (χ1) is 15.1. The molecule has 0 radical (unpaired) electrons. The number of nitriles is 1. The van der Waals surface area contributed by atoms with Crippen molar-refractivity contribution in [3.05, 3.63) is 96.7 Å². The van der Waals surface area contributed by atoms with Gasteiger partial charge in [0, 0.05) is 14.3 Å². The summed E-state index contributed by atoms with van der Waals surface area (Å²) in [5.41, 5.74) is 2.36. The molecular formula is C25H13IN2O2S. The van der Waals surface area contributed by atoms with E-state index in [0.717, 1.165) is 25.3 Å². The second kappa shape index (κ2) is 8.10. The molecule has 4 nitrogen and oxygen atoms in total. The summed E-state index contributed by atoms with van der Waals surface area (Å²) in [7, 11) is 0. The van der Waals surface area contributed by atoms with E-state index in [1.807, 2.05) is 66.7 Å². The average molecular weight is 532 g/mol. The molecular weight excluding hydrogens is 519 g/mol. The predicted octanol–water partition coefficient (Wildman–Crippen LogP) is 6.74. The Morgan fingerprint density at radius 1 is 1.06 bits per heavy atom. The predicted molar refractivity (Wildman–Crippen MR) is 134 cm³/mol. The van der Waals surface area contributed by atoms with Crippen molar-refractivity contribution < 1.29 is 4.42 Å². The van der Waals surface area contributed by atoms with Gasteiger partial charge in [-0.25, -0.2) is 9.78 Å². The van der Waals surface area contributed by atoms with Crippen LogP contribution >= 0.6 is 33.9 Å². The van der Waals surface area contributed by atoms with Crippen LogP contribution in [0.25, 0.3) is 44.6 Å². The molecule has 0 saturated heterocycles. The van der Waals surface area contributed by atoms with Gasteiger partial charge in [-0.05, 0) is 69.3 Å². The number of benzene rings is 3. The number of thiazole rings is 1. The second-order valence-corrected chi connectivity index (χ2v) is 9.01. The van der Waals surface area contributed by atoms with Gasteiger partial charge in [0.1, 0.15) is 16.7 Å². The zero-order valence-corrected chi connectivity index (χ0v) is 19.0. The number of aromatic nitrogens is 1. The van der Waals surface area contributed by atoms with E-state index in [9.17, 15) is 10.1 Å². The van der Waals surface area contributed by atoms with Gasteiger partial charge in [-0.3, -0.25) is 0 Å². The number of hydrogen-bond donors (Lipinski definition) is 0. The molecule has 0 aliphatic rings. The molecule has 0 N–H and O–H groups in total. The van der Waals surface area contributed by atoms with E-state index in [4.69, 9.17) is 4.42 Å². The molecule has 0 saturated carbocycles. The summed E-state index contributed by atoms with van der Waals surface area (Å²) in [5, 5.41) is 14.9. The number of rotatable bonds is 3. The highest BCUT2D eigenvalue weighted by atomic mass is 127. The maximum atomic E-state index is 12.7. The Morgan fingerprint density at radius 3 is 2.68 bits per heavy atom. The van der Waals surface area contributed by atoms with Crippen LogP contribution in [0.4, 0.5) is 0 Å². The number of halogens is 1. The van der Waals surface area contributed by atoms with Crippen molar-refractivity contribution in [2.24, 2.45) is 0 Å². The van der Waals surface area contributed by atoms with Crippen LogP contribution in [0.2, 0.25) is 0 Å². The normalized spacial score (nSPS) is 11.7. The van der Waals surface area contributed by atoms with E-state index in [1.165, 1.54) is 11.3 Å². The van der Waals surface area contributed by atoms with E-state index >= 15 is 0 Å². The largest absolute Gasteiger partial charge is 0.422 e. The van der Waals surface area contributed by atoms with E-state index in [-0.39, 0.29) is 0 Å². The second-order valence-electron chi connectivity index (χ2n) is 6.91. The molecule has 31 heavy (non-hydrogen) atoms. The van der Waals surface area contributed by atoms with E-state index in [1.54, 1.807) is 11.5 Å². The molecule has 2 aromatic heterocycles. The number of nitrogens with zero attached hydrogens (tertiary/aromatic N) is 2. The Balaban J connectivity index is 1.61. The number of fused-ring (bicyclic) bond motifs is 3. The fraction of sp³-hybridized carbons (Fsp3) is 0. The van der Waals surface area contributed by atoms with Crippen molar-refractivity contribution in [3.63, 3.8) is 0 Å². The topological polar surface area (TPSA) is 66.9 Å². The monoisotopic (exact) mass is 532 g/mol. The van der Waals surface area contributed by atoms with Gasteiger partial charge in [-0.2, -0.15) is 5.26 Å². The molecule has 0 aliphatic heterocycles. The summed E-state index contributed by atoms with van der Waals surface area (Å²) >= 11 is 3.57. The van der Waals surface area contributed by atoms with Crippen LogP contribution in [0.1, 0.15) is 10.6 Å². The van der Waals surface area contributed by atoms with Crippen LogP contribution < -0.4 is 5.63 Å². The van der Waals surface area contributed by atoms with Gasteiger partial charge in [0.25, 0.3) is 0 Å². The van der Waals surface area contributed by atoms with Gasteiger partial charge < -0.3 is 4.42 Å². The SMILES string of the molecule is N#CC(=Cc1ccc(I)cc1)c1nc(-c2cc3c(ccc4ccccc43)oc2=O)cs1. The Bertz CT molecular complexity index is 1570. The highest BCUT2D eigenvalue weighted by Crippen LogP contribution is 2.30. The van der Waals surface area contributed by atoms with Crippen molar-refractivity contribution in [3.8, 4) is 17.3 Å². The molecule has 5 rings (SSSR count). The molecule has 3 aromatic carbocycles. The van der Waals surface area contributed by atoms with Gasteiger partial charge in [-0.15, -0.1) is 11.3 Å². The summed E-state index contributed by atoms with van der Waals surface area (Å²) < 4.78 is 6.71.